The van der Waals surface area contributed by atoms with Crippen LogP contribution in [-0.4, -0.2) is 25.4 Å². The molecular formula is C4H6ClNOSe. The van der Waals surface area contributed by atoms with E-state index in [4.69, 9.17) is 5.41 Å². The van der Waals surface area contributed by atoms with Crippen LogP contribution in [0.15, 0.2) is 0 Å². The molecule has 2 nitrogen and oxygen atoms in total. The summed E-state index contributed by atoms with van der Waals surface area (Å²) in [4.78, 5) is 10.3. The van der Waals surface area contributed by atoms with E-state index >= 15 is 0 Å². The second-order valence-corrected chi connectivity index (χ2v) is 3.67. The van der Waals surface area contributed by atoms with E-state index in [2.05, 4.69) is 0 Å². The van der Waals surface area contributed by atoms with Crippen LogP contribution in [0.1, 0.15) is 6.42 Å². The summed E-state index contributed by atoms with van der Waals surface area (Å²) in [5.41, 5.74) is 0. The third-order valence-corrected chi connectivity index (χ3v) is 2.78. The van der Waals surface area contributed by atoms with Crippen molar-refractivity contribution in [2.24, 2.45) is 0 Å². The van der Waals surface area contributed by atoms with Crippen molar-refractivity contribution in [1.82, 2.24) is 0 Å². The van der Waals surface area contributed by atoms with Gasteiger partial charge in [-0.3, -0.25) is 0 Å². The normalized spacial score (nSPS) is 18.5. The molecule has 1 fully saturated rings. The zero-order valence-corrected chi connectivity index (χ0v) is 6.67. The summed E-state index contributed by atoms with van der Waals surface area (Å²) in [6, 6.07) is 0. The Bertz CT molecular complexity index is 111. The molecule has 1 N–H and O–H groups in total. The molecule has 0 atom stereocenters. The Kier molecular flexibility index (Phi) is 3.29. The van der Waals surface area contributed by atoms with E-state index in [1.54, 1.807) is 0 Å². The molecule has 0 spiro atoms. The van der Waals surface area contributed by atoms with Crippen molar-refractivity contribution >= 4 is 37.8 Å². The van der Waals surface area contributed by atoms with Crippen molar-refractivity contribution in [2.75, 3.05) is 0 Å². The third kappa shape index (κ3) is 1.95. The SMILES string of the molecule is Cl.N=C1CC(=O)C[Se]1. The molecule has 1 rings (SSSR count). The molecule has 0 bridgehead atoms. The second-order valence-electron chi connectivity index (χ2n) is 1.43. The van der Waals surface area contributed by atoms with E-state index in [1.165, 1.54) is 0 Å². The van der Waals surface area contributed by atoms with Crippen LogP contribution >= 0.6 is 12.4 Å². The minimum atomic E-state index is 0. The van der Waals surface area contributed by atoms with Crippen LogP contribution in [0, 0.1) is 5.41 Å². The molecule has 1 saturated heterocycles. The van der Waals surface area contributed by atoms with E-state index in [1.807, 2.05) is 0 Å². The van der Waals surface area contributed by atoms with Crippen molar-refractivity contribution in [3.05, 3.63) is 0 Å². The first kappa shape index (κ1) is 8.15. The van der Waals surface area contributed by atoms with Gasteiger partial charge in [0.25, 0.3) is 0 Å². The van der Waals surface area contributed by atoms with Crippen LogP contribution in [0.3, 0.4) is 0 Å². The molecule has 1 heterocycles. The minimum absolute atomic E-state index is 0. The van der Waals surface area contributed by atoms with Crippen LogP contribution in [-0.2, 0) is 4.79 Å². The molecule has 0 saturated carbocycles. The van der Waals surface area contributed by atoms with E-state index < -0.39 is 0 Å². The van der Waals surface area contributed by atoms with Gasteiger partial charge in [-0.05, 0) is 0 Å². The van der Waals surface area contributed by atoms with Crippen molar-refractivity contribution in [1.29, 1.82) is 5.41 Å². The number of carbonyl (C=O) groups excluding carboxylic acids is 1. The molecule has 0 aromatic carbocycles. The molecule has 0 amide bonds. The first-order chi connectivity index (χ1) is 3.29. The molecule has 1 aliphatic rings. The number of rotatable bonds is 0. The van der Waals surface area contributed by atoms with Gasteiger partial charge in [-0.2, -0.15) is 0 Å². The number of hydrogen-bond donors (Lipinski definition) is 1. The van der Waals surface area contributed by atoms with Gasteiger partial charge in [0.2, 0.25) is 0 Å². The fraction of sp³-hybridized carbons (Fsp3) is 0.500. The first-order valence-corrected chi connectivity index (χ1v) is 4.08. The molecule has 1 aliphatic heterocycles. The average Bonchev–Trinajstić information content (AvgIpc) is 1.87. The molecular weight excluding hydrogens is 192 g/mol. The number of carbonyl (C=O) groups is 1. The fourth-order valence-electron chi connectivity index (χ4n) is 0.449. The van der Waals surface area contributed by atoms with Crippen LogP contribution < -0.4 is 0 Å². The summed E-state index contributed by atoms with van der Waals surface area (Å²) in [5, 5.41) is 7.66. The number of nitrogens with one attached hydrogen (secondary N) is 1. The molecule has 0 aromatic heterocycles. The Morgan fingerprint density at radius 3 is 2.38 bits per heavy atom. The summed E-state index contributed by atoms with van der Waals surface area (Å²) in [5.74, 6) is 0.255. The van der Waals surface area contributed by atoms with E-state index in [-0.39, 0.29) is 33.1 Å². The number of halogens is 1. The topological polar surface area (TPSA) is 40.9 Å². The van der Waals surface area contributed by atoms with Gasteiger partial charge in [0.1, 0.15) is 0 Å². The predicted molar refractivity (Wildman–Crippen MR) is 35.2 cm³/mol. The summed E-state index contributed by atoms with van der Waals surface area (Å²) < 4.78 is 0.664. The number of Topliss-reactive ketones (excluding diaryl/α,β-unsaturated/α-hetero) is 1. The van der Waals surface area contributed by atoms with Crippen molar-refractivity contribution in [3.63, 3.8) is 0 Å². The van der Waals surface area contributed by atoms with E-state index in [9.17, 15) is 4.79 Å². The number of hydrogen-bond acceptors (Lipinski definition) is 2. The van der Waals surface area contributed by atoms with Crippen molar-refractivity contribution in [2.45, 2.75) is 11.7 Å². The summed E-state index contributed by atoms with van der Waals surface area (Å²) in [6.45, 7) is 0. The molecule has 8 heavy (non-hydrogen) atoms. The summed E-state index contributed by atoms with van der Waals surface area (Å²) in [7, 11) is 0. The van der Waals surface area contributed by atoms with Gasteiger partial charge in [-0.1, -0.05) is 0 Å². The maximum absolute atomic E-state index is 10.3. The van der Waals surface area contributed by atoms with E-state index in [0.29, 0.717) is 16.4 Å². The van der Waals surface area contributed by atoms with E-state index in [0.717, 1.165) is 0 Å². The summed E-state index contributed by atoms with van der Waals surface area (Å²) >= 11 is 0.233. The zero-order chi connectivity index (χ0) is 5.28. The van der Waals surface area contributed by atoms with Gasteiger partial charge in [-0.15, -0.1) is 12.4 Å². The number of ketones is 1. The molecule has 0 aliphatic carbocycles. The Labute approximate surface area is 60.1 Å². The Morgan fingerprint density at radius 1 is 1.62 bits per heavy atom. The van der Waals surface area contributed by atoms with Crippen LogP contribution in [0.25, 0.3) is 0 Å². The predicted octanol–water partition coefficient (Wildman–Crippen LogP) is 0.481. The maximum atomic E-state index is 10.3. The second kappa shape index (κ2) is 3.23. The fourth-order valence-corrected chi connectivity index (χ4v) is 1.92. The van der Waals surface area contributed by atoms with Gasteiger partial charge in [0.15, 0.2) is 0 Å². The molecule has 0 unspecified atom stereocenters. The molecule has 0 aromatic rings. The van der Waals surface area contributed by atoms with Gasteiger partial charge in [0, 0.05) is 0 Å². The quantitative estimate of drug-likeness (QED) is 0.565. The first-order valence-electron chi connectivity index (χ1n) is 2.01. The molecule has 4 heteroatoms. The summed E-state index contributed by atoms with van der Waals surface area (Å²) in [6.07, 6.45) is 0.444. The van der Waals surface area contributed by atoms with Gasteiger partial charge in [0.05, 0.1) is 0 Å². The monoisotopic (exact) mass is 199 g/mol. The van der Waals surface area contributed by atoms with Gasteiger partial charge in [-0.25, -0.2) is 0 Å². The average molecular weight is 199 g/mol. The van der Waals surface area contributed by atoms with Gasteiger partial charge < -0.3 is 0 Å². The Balaban J connectivity index is 0.000000490. The third-order valence-electron chi connectivity index (χ3n) is 0.765. The van der Waals surface area contributed by atoms with Crippen LogP contribution in [0.5, 0.6) is 0 Å². The van der Waals surface area contributed by atoms with Crippen LogP contribution in [0.4, 0.5) is 0 Å². The molecule has 0 radical (unpaired) electrons. The molecule has 46 valence electrons. The zero-order valence-electron chi connectivity index (χ0n) is 4.14. The van der Waals surface area contributed by atoms with Crippen molar-refractivity contribution in [3.8, 4) is 0 Å². The Morgan fingerprint density at radius 2 is 2.25 bits per heavy atom. The van der Waals surface area contributed by atoms with Gasteiger partial charge >= 0.3 is 47.3 Å². The van der Waals surface area contributed by atoms with Crippen molar-refractivity contribution < 1.29 is 4.79 Å². The standard InChI is InChI=1S/C4H5NOSe.ClH/c5-4-1-3(6)2-7-4;/h5H,1-2H2;1H. The van der Waals surface area contributed by atoms with Crippen LogP contribution in [0.2, 0.25) is 5.32 Å². The Hall–Kier alpha value is 0.149.